The number of nitrogens with one attached hydrogen (secondary N) is 1. The summed E-state index contributed by atoms with van der Waals surface area (Å²) < 4.78 is 40.0. The second-order valence-corrected chi connectivity index (χ2v) is 7.96. The Morgan fingerprint density at radius 1 is 1.30 bits per heavy atom. The van der Waals surface area contributed by atoms with Crippen LogP contribution in [0.5, 0.6) is 0 Å². The Bertz CT molecular complexity index is 775. The summed E-state index contributed by atoms with van der Waals surface area (Å²) in [4.78, 5) is 9.68. The topological polar surface area (TPSA) is 89.3 Å². The van der Waals surface area contributed by atoms with Crippen molar-refractivity contribution in [1.29, 1.82) is 0 Å². The molecule has 0 aliphatic carbocycles. The van der Waals surface area contributed by atoms with Gasteiger partial charge in [-0.25, -0.2) is 8.42 Å². The van der Waals surface area contributed by atoms with Crippen LogP contribution in [0.1, 0.15) is 0 Å². The highest BCUT2D eigenvalue weighted by atomic mass is 79.9. The Morgan fingerprint density at radius 3 is 2.55 bits per heavy atom. The van der Waals surface area contributed by atoms with E-state index >= 15 is 0 Å². The molecular formula is C10H6BrFN2O4S2. The molecule has 20 heavy (non-hydrogen) atoms. The van der Waals surface area contributed by atoms with Gasteiger partial charge in [-0.15, -0.1) is 11.3 Å². The number of anilines is 1. The number of halogens is 2. The van der Waals surface area contributed by atoms with E-state index in [1.165, 1.54) is 6.07 Å². The lowest BCUT2D eigenvalue weighted by Gasteiger charge is -2.06. The van der Waals surface area contributed by atoms with E-state index < -0.39 is 26.5 Å². The van der Waals surface area contributed by atoms with Crippen LogP contribution in [0.3, 0.4) is 0 Å². The molecule has 0 saturated heterocycles. The van der Waals surface area contributed by atoms with Gasteiger partial charge in [-0.2, -0.15) is 4.39 Å². The van der Waals surface area contributed by atoms with Crippen molar-refractivity contribution in [2.45, 2.75) is 4.21 Å². The van der Waals surface area contributed by atoms with Crippen molar-refractivity contribution in [3.05, 3.63) is 50.0 Å². The fraction of sp³-hybridized carbons (Fsp3) is 0. The Hall–Kier alpha value is -1.52. The predicted molar refractivity (Wildman–Crippen MR) is 75.9 cm³/mol. The molecule has 0 aliphatic heterocycles. The van der Waals surface area contributed by atoms with Gasteiger partial charge in [0.25, 0.3) is 10.0 Å². The molecule has 2 rings (SSSR count). The number of hydrogen-bond donors (Lipinski definition) is 1. The largest absolute Gasteiger partial charge is 0.306 e. The van der Waals surface area contributed by atoms with E-state index in [2.05, 4.69) is 20.7 Å². The van der Waals surface area contributed by atoms with Crippen LogP contribution in [0.25, 0.3) is 0 Å². The summed E-state index contributed by atoms with van der Waals surface area (Å²) in [6.07, 6.45) is 0. The molecule has 1 heterocycles. The molecule has 0 bridgehead atoms. The quantitative estimate of drug-likeness (QED) is 0.650. The van der Waals surface area contributed by atoms with Crippen LogP contribution in [0, 0.1) is 15.9 Å². The van der Waals surface area contributed by atoms with Gasteiger partial charge in [0.15, 0.2) is 0 Å². The molecule has 0 unspecified atom stereocenters. The second kappa shape index (κ2) is 5.46. The van der Waals surface area contributed by atoms with Crippen molar-refractivity contribution in [2.75, 3.05) is 4.72 Å². The summed E-state index contributed by atoms with van der Waals surface area (Å²) >= 11 is 4.12. The van der Waals surface area contributed by atoms with E-state index in [0.717, 1.165) is 29.5 Å². The number of benzene rings is 1. The second-order valence-electron chi connectivity index (χ2n) is 3.59. The number of thiophene rings is 1. The van der Waals surface area contributed by atoms with Crippen LogP contribution in [-0.2, 0) is 10.0 Å². The van der Waals surface area contributed by atoms with Gasteiger partial charge in [-0.3, -0.25) is 14.8 Å². The predicted octanol–water partition coefficient (Wildman–Crippen LogP) is 3.36. The number of hydrogen-bond acceptors (Lipinski definition) is 5. The summed E-state index contributed by atoms with van der Waals surface area (Å²) in [5.41, 5.74) is -0.875. The third kappa shape index (κ3) is 3.14. The van der Waals surface area contributed by atoms with E-state index in [1.807, 2.05) is 0 Å². The molecule has 0 atom stereocenters. The first kappa shape index (κ1) is 14.9. The third-order valence-electron chi connectivity index (χ3n) is 2.21. The van der Waals surface area contributed by atoms with Crippen molar-refractivity contribution < 1.29 is 17.7 Å². The highest BCUT2D eigenvalue weighted by molar-refractivity contribution is 9.11. The first-order valence-corrected chi connectivity index (χ1v) is 8.11. The normalized spacial score (nSPS) is 11.3. The average Bonchev–Trinajstić information content (AvgIpc) is 2.78. The van der Waals surface area contributed by atoms with Crippen LogP contribution in [0.2, 0.25) is 0 Å². The van der Waals surface area contributed by atoms with Gasteiger partial charge >= 0.3 is 5.69 Å². The number of nitrogens with zero attached hydrogens (tertiary/aromatic N) is 1. The van der Waals surface area contributed by atoms with Gasteiger partial charge in [0.1, 0.15) is 4.21 Å². The summed E-state index contributed by atoms with van der Waals surface area (Å²) in [5.74, 6) is -1.03. The molecule has 1 N–H and O–H groups in total. The van der Waals surface area contributed by atoms with Crippen molar-refractivity contribution in [2.24, 2.45) is 0 Å². The molecule has 1 aromatic heterocycles. The lowest BCUT2D eigenvalue weighted by molar-refractivity contribution is -0.387. The lowest BCUT2D eigenvalue weighted by Crippen LogP contribution is -2.11. The molecule has 0 amide bonds. The Kier molecular flexibility index (Phi) is 4.06. The maximum atomic E-state index is 13.2. The average molecular weight is 381 g/mol. The van der Waals surface area contributed by atoms with E-state index in [-0.39, 0.29) is 9.90 Å². The number of nitro groups is 1. The fourth-order valence-corrected chi connectivity index (χ4v) is 4.42. The third-order valence-corrected chi connectivity index (χ3v) is 5.71. The minimum atomic E-state index is -3.85. The molecule has 0 spiro atoms. The number of nitro benzene ring substituents is 1. The minimum absolute atomic E-state index is 0.0383. The zero-order valence-corrected chi connectivity index (χ0v) is 12.8. The van der Waals surface area contributed by atoms with Crippen LogP contribution >= 0.6 is 27.3 Å². The Labute approximate surface area is 125 Å². The molecule has 0 saturated carbocycles. The van der Waals surface area contributed by atoms with Crippen LogP contribution in [0.4, 0.5) is 15.8 Å². The van der Waals surface area contributed by atoms with E-state index in [9.17, 15) is 22.9 Å². The molecular weight excluding hydrogens is 375 g/mol. The molecule has 0 radical (unpaired) electrons. The molecule has 0 fully saturated rings. The summed E-state index contributed by atoms with van der Waals surface area (Å²) in [7, 11) is -3.85. The molecule has 0 aliphatic rings. The Balaban J connectivity index is 2.35. The van der Waals surface area contributed by atoms with Crippen molar-refractivity contribution >= 4 is 48.7 Å². The number of rotatable bonds is 4. The molecule has 106 valence electrons. The van der Waals surface area contributed by atoms with Crippen LogP contribution < -0.4 is 4.72 Å². The monoisotopic (exact) mass is 380 g/mol. The molecule has 10 heteroatoms. The summed E-state index contributed by atoms with van der Waals surface area (Å²) in [5, 5.41) is 10.6. The highest BCUT2D eigenvalue weighted by Gasteiger charge is 2.20. The first-order valence-electron chi connectivity index (χ1n) is 5.02. The lowest BCUT2D eigenvalue weighted by atomic mass is 10.3. The first-order chi connectivity index (χ1) is 9.29. The number of sulfonamides is 1. The van der Waals surface area contributed by atoms with Crippen molar-refractivity contribution in [3.8, 4) is 0 Å². The van der Waals surface area contributed by atoms with Gasteiger partial charge in [0, 0.05) is 6.07 Å². The van der Waals surface area contributed by atoms with Gasteiger partial charge < -0.3 is 0 Å². The van der Waals surface area contributed by atoms with Gasteiger partial charge in [-0.05, 0) is 40.2 Å². The van der Waals surface area contributed by atoms with Crippen molar-refractivity contribution in [3.63, 3.8) is 0 Å². The molecule has 6 nitrogen and oxygen atoms in total. The van der Waals surface area contributed by atoms with E-state index in [0.29, 0.717) is 3.79 Å². The van der Waals surface area contributed by atoms with Gasteiger partial charge in [0.05, 0.1) is 14.4 Å². The zero-order chi connectivity index (χ0) is 14.9. The fourth-order valence-electron chi connectivity index (χ4n) is 1.36. The van der Waals surface area contributed by atoms with E-state index in [1.54, 1.807) is 6.07 Å². The minimum Gasteiger partial charge on any atom is -0.279 e. The van der Waals surface area contributed by atoms with E-state index in [4.69, 9.17) is 0 Å². The van der Waals surface area contributed by atoms with Gasteiger partial charge in [-0.1, -0.05) is 0 Å². The van der Waals surface area contributed by atoms with Crippen LogP contribution in [-0.4, -0.2) is 13.3 Å². The zero-order valence-electron chi connectivity index (χ0n) is 9.54. The Morgan fingerprint density at radius 2 is 2.00 bits per heavy atom. The highest BCUT2D eigenvalue weighted by Crippen LogP contribution is 2.29. The smallest absolute Gasteiger partial charge is 0.279 e. The maximum absolute atomic E-state index is 13.2. The maximum Gasteiger partial charge on any atom is 0.306 e. The summed E-state index contributed by atoms with van der Waals surface area (Å²) in [6.45, 7) is 0. The molecule has 1 aromatic carbocycles. The van der Waals surface area contributed by atoms with Crippen molar-refractivity contribution in [1.82, 2.24) is 0 Å². The van der Waals surface area contributed by atoms with Crippen LogP contribution in [0.15, 0.2) is 38.3 Å². The SMILES string of the molecule is O=[N+]([O-])c1cc(NS(=O)(=O)c2ccc(Br)s2)ccc1F. The van der Waals surface area contributed by atoms with Gasteiger partial charge in [0.2, 0.25) is 5.82 Å². The summed E-state index contributed by atoms with van der Waals surface area (Å²) in [6, 6.07) is 5.72. The molecule has 2 aromatic rings. The standard InChI is InChI=1S/C10H6BrFN2O4S2/c11-9-3-4-10(19-9)20(17,18)13-6-1-2-7(12)8(5-6)14(15)16/h1-5,13H.